The summed E-state index contributed by atoms with van der Waals surface area (Å²) < 4.78 is 0. The molecule has 0 aromatic carbocycles. The van der Waals surface area contributed by atoms with Gasteiger partial charge >= 0.3 is 0 Å². The molecule has 12 heavy (non-hydrogen) atoms. The Labute approximate surface area is 69.9 Å². The number of nitrogens with two attached hydrogens (primary N) is 1. The zero-order chi connectivity index (χ0) is 9.99. The van der Waals surface area contributed by atoms with Gasteiger partial charge in [-0.3, -0.25) is 5.73 Å². The van der Waals surface area contributed by atoms with Crippen LogP contribution in [-0.4, -0.2) is 43.3 Å². The van der Waals surface area contributed by atoms with Crippen LogP contribution in [0.1, 0.15) is 19.8 Å². The summed E-state index contributed by atoms with van der Waals surface area (Å²) in [4.78, 5) is 0. The smallest absolute Gasteiger partial charge is 0.279 e. The fourth-order valence-electron chi connectivity index (χ4n) is 0.720. The largest absolute Gasteiger partial charge is 0.387 e. The number of rotatable bonds is 4. The molecule has 0 aromatic rings. The van der Waals surface area contributed by atoms with Crippen molar-refractivity contribution in [3.63, 3.8) is 0 Å². The molecule has 0 aliphatic rings. The molecule has 0 radical (unpaired) electrons. The summed E-state index contributed by atoms with van der Waals surface area (Å²) in [6.45, 7) is 1.69. The van der Waals surface area contributed by atoms with Crippen molar-refractivity contribution in [2.45, 2.75) is 37.6 Å². The zero-order valence-corrected chi connectivity index (χ0v) is 6.80. The van der Waals surface area contributed by atoms with Crippen LogP contribution in [-0.2, 0) is 0 Å². The second-order valence-electron chi connectivity index (χ2n) is 2.76. The van der Waals surface area contributed by atoms with E-state index in [1.807, 2.05) is 0 Å². The van der Waals surface area contributed by atoms with Gasteiger partial charge in [0, 0.05) is 0 Å². The Balaban J connectivity index is 4.38. The first-order valence-electron chi connectivity index (χ1n) is 3.60. The van der Waals surface area contributed by atoms with Crippen molar-refractivity contribution in [1.29, 1.82) is 0 Å². The summed E-state index contributed by atoms with van der Waals surface area (Å²) >= 11 is 0. The van der Waals surface area contributed by atoms with Crippen LogP contribution in [0.5, 0.6) is 0 Å². The van der Waals surface area contributed by atoms with Gasteiger partial charge in [-0.2, -0.15) is 0 Å². The summed E-state index contributed by atoms with van der Waals surface area (Å²) in [6.07, 6.45) is -1.23. The molecule has 0 saturated heterocycles. The number of hydrogen-bond donors (Lipinski definition) is 6. The van der Waals surface area contributed by atoms with Gasteiger partial charge in [0.15, 0.2) is 0 Å². The van der Waals surface area contributed by atoms with E-state index in [4.69, 9.17) is 25.5 Å². The molecule has 1 atom stereocenters. The molecule has 0 bridgehead atoms. The van der Waals surface area contributed by atoms with Crippen LogP contribution in [0.4, 0.5) is 0 Å². The summed E-state index contributed by atoms with van der Waals surface area (Å²) in [7, 11) is 0. The Bertz CT molecular complexity index is 141. The maximum atomic E-state index is 9.01. The van der Waals surface area contributed by atoms with Crippen molar-refractivity contribution in [1.82, 2.24) is 0 Å². The third kappa shape index (κ3) is 2.37. The first kappa shape index (κ1) is 11.8. The Kier molecular flexibility index (Phi) is 3.58. The summed E-state index contributed by atoms with van der Waals surface area (Å²) in [5.41, 5.74) is 4.60. The lowest BCUT2D eigenvalue weighted by atomic mass is 10.0. The lowest BCUT2D eigenvalue weighted by Crippen LogP contribution is -2.66. The highest BCUT2D eigenvalue weighted by Gasteiger charge is 2.49. The fraction of sp³-hybridized carbons (Fsp3) is 1.00. The van der Waals surface area contributed by atoms with E-state index in [1.165, 1.54) is 0 Å². The van der Waals surface area contributed by atoms with Gasteiger partial charge in [0.25, 0.3) is 11.7 Å². The SMILES string of the molecule is CCCC(O)C(O)(O)C(N)(O)O. The molecule has 0 amide bonds. The van der Waals surface area contributed by atoms with E-state index in [1.54, 1.807) is 6.92 Å². The van der Waals surface area contributed by atoms with Gasteiger partial charge in [-0.15, -0.1) is 0 Å². The second-order valence-corrected chi connectivity index (χ2v) is 2.76. The van der Waals surface area contributed by atoms with Crippen molar-refractivity contribution in [3.05, 3.63) is 0 Å². The minimum Gasteiger partial charge on any atom is -0.387 e. The lowest BCUT2D eigenvalue weighted by molar-refractivity contribution is -0.382. The van der Waals surface area contributed by atoms with E-state index in [0.717, 1.165) is 0 Å². The zero-order valence-electron chi connectivity index (χ0n) is 6.80. The molecule has 6 heteroatoms. The van der Waals surface area contributed by atoms with Crippen LogP contribution in [0.3, 0.4) is 0 Å². The normalized spacial score (nSPS) is 16.2. The average molecular weight is 181 g/mol. The summed E-state index contributed by atoms with van der Waals surface area (Å²) in [5, 5.41) is 44.1. The minimum absolute atomic E-state index is 0.00701. The van der Waals surface area contributed by atoms with E-state index < -0.39 is 17.8 Å². The van der Waals surface area contributed by atoms with Gasteiger partial charge in [-0.1, -0.05) is 13.3 Å². The molecule has 0 spiro atoms. The Hall–Kier alpha value is -0.240. The standard InChI is InChI=1S/C6H15NO5/c1-2-3-4(8)5(9,10)6(7,11)12/h4,8-12H,2-3,7H2,1H3. The molecule has 0 aliphatic heterocycles. The van der Waals surface area contributed by atoms with Gasteiger partial charge in [-0.25, -0.2) is 0 Å². The fourth-order valence-corrected chi connectivity index (χ4v) is 0.720. The van der Waals surface area contributed by atoms with E-state index in [9.17, 15) is 0 Å². The number of aliphatic hydroxyl groups excluding tert-OH is 1. The molecule has 6 nitrogen and oxygen atoms in total. The highest BCUT2D eigenvalue weighted by Crippen LogP contribution is 2.19. The molecule has 0 heterocycles. The van der Waals surface area contributed by atoms with E-state index in [2.05, 4.69) is 5.73 Å². The summed E-state index contributed by atoms with van der Waals surface area (Å²) in [5.74, 6) is -6.33. The molecule has 0 rings (SSSR count). The molecule has 0 fully saturated rings. The highest BCUT2D eigenvalue weighted by atomic mass is 16.6. The van der Waals surface area contributed by atoms with Crippen molar-refractivity contribution >= 4 is 0 Å². The predicted octanol–water partition coefficient (Wildman–Crippen LogP) is -2.57. The van der Waals surface area contributed by atoms with Gasteiger partial charge in [-0.05, 0) is 6.42 Å². The van der Waals surface area contributed by atoms with Gasteiger partial charge in [0.2, 0.25) is 0 Å². The van der Waals surface area contributed by atoms with Gasteiger partial charge in [0.05, 0.1) is 0 Å². The third-order valence-electron chi connectivity index (χ3n) is 1.57. The molecule has 0 aliphatic carbocycles. The van der Waals surface area contributed by atoms with Crippen LogP contribution < -0.4 is 5.73 Å². The van der Waals surface area contributed by atoms with Crippen molar-refractivity contribution in [3.8, 4) is 0 Å². The quantitative estimate of drug-likeness (QED) is 0.264. The van der Waals surface area contributed by atoms with Crippen molar-refractivity contribution in [2.24, 2.45) is 5.73 Å². The molecule has 7 N–H and O–H groups in total. The van der Waals surface area contributed by atoms with Gasteiger partial charge in [0.1, 0.15) is 6.10 Å². The maximum absolute atomic E-state index is 9.01. The van der Waals surface area contributed by atoms with Crippen molar-refractivity contribution in [2.75, 3.05) is 0 Å². The Morgan fingerprint density at radius 3 is 1.92 bits per heavy atom. The first-order chi connectivity index (χ1) is 5.23. The first-order valence-corrected chi connectivity index (χ1v) is 3.60. The second kappa shape index (κ2) is 3.65. The number of aliphatic hydroxyl groups is 5. The lowest BCUT2D eigenvalue weighted by Gasteiger charge is -2.34. The molecular formula is C6H15NO5. The maximum Gasteiger partial charge on any atom is 0.279 e. The van der Waals surface area contributed by atoms with E-state index >= 15 is 0 Å². The van der Waals surface area contributed by atoms with Gasteiger partial charge < -0.3 is 25.5 Å². The average Bonchev–Trinajstić information content (AvgIpc) is 1.85. The molecule has 1 unspecified atom stereocenters. The monoisotopic (exact) mass is 181 g/mol. The van der Waals surface area contributed by atoms with E-state index in [-0.39, 0.29) is 6.42 Å². The van der Waals surface area contributed by atoms with Crippen LogP contribution in [0.2, 0.25) is 0 Å². The molecule has 0 aromatic heterocycles. The van der Waals surface area contributed by atoms with Crippen LogP contribution in [0, 0.1) is 0 Å². The Morgan fingerprint density at radius 2 is 1.67 bits per heavy atom. The van der Waals surface area contributed by atoms with Crippen molar-refractivity contribution < 1.29 is 25.5 Å². The molecule has 0 saturated carbocycles. The minimum atomic E-state index is -3.22. The van der Waals surface area contributed by atoms with Crippen LogP contribution >= 0.6 is 0 Å². The molecular weight excluding hydrogens is 166 g/mol. The van der Waals surface area contributed by atoms with Crippen LogP contribution in [0.25, 0.3) is 0 Å². The number of hydrogen-bond acceptors (Lipinski definition) is 6. The highest BCUT2D eigenvalue weighted by molar-refractivity contribution is 4.83. The van der Waals surface area contributed by atoms with E-state index in [0.29, 0.717) is 6.42 Å². The predicted molar refractivity (Wildman–Crippen MR) is 39.4 cm³/mol. The van der Waals surface area contributed by atoms with Crippen LogP contribution in [0.15, 0.2) is 0 Å². The molecule has 74 valence electrons. The Morgan fingerprint density at radius 1 is 1.25 bits per heavy atom. The topological polar surface area (TPSA) is 127 Å². The summed E-state index contributed by atoms with van der Waals surface area (Å²) in [6, 6.07) is 0. The third-order valence-corrected chi connectivity index (χ3v) is 1.57.